The van der Waals surface area contributed by atoms with Crippen molar-refractivity contribution >= 4 is 5.91 Å². The van der Waals surface area contributed by atoms with Crippen LogP contribution in [0.25, 0.3) is 0 Å². The van der Waals surface area contributed by atoms with Gasteiger partial charge in [-0.15, -0.1) is 5.10 Å². The van der Waals surface area contributed by atoms with Crippen LogP contribution in [-0.4, -0.2) is 40.8 Å². The summed E-state index contributed by atoms with van der Waals surface area (Å²) in [5.74, 6) is 2.01. The van der Waals surface area contributed by atoms with E-state index in [1.165, 1.54) is 0 Å². The van der Waals surface area contributed by atoms with Crippen molar-refractivity contribution in [2.24, 2.45) is 5.92 Å². The van der Waals surface area contributed by atoms with E-state index in [9.17, 15) is 4.79 Å². The molecular weight excluding hydrogens is 232 g/mol. The molecule has 2 N–H and O–H groups in total. The van der Waals surface area contributed by atoms with E-state index in [0.29, 0.717) is 18.4 Å². The number of nitrogens with zero attached hydrogens (tertiary/aromatic N) is 2. The van der Waals surface area contributed by atoms with Crippen LogP contribution < -0.4 is 5.32 Å². The zero-order chi connectivity index (χ0) is 12.4. The lowest BCUT2D eigenvalue weighted by atomic mass is 10.1. The van der Waals surface area contributed by atoms with Gasteiger partial charge in [0.15, 0.2) is 0 Å². The van der Waals surface area contributed by atoms with Crippen LogP contribution in [0.4, 0.5) is 0 Å². The summed E-state index contributed by atoms with van der Waals surface area (Å²) in [4.78, 5) is 16.0. The Balaban J connectivity index is 1.44. The molecule has 2 fully saturated rings. The summed E-state index contributed by atoms with van der Waals surface area (Å²) in [7, 11) is 0. The van der Waals surface area contributed by atoms with Crippen molar-refractivity contribution in [3.8, 4) is 0 Å². The molecule has 6 nitrogen and oxygen atoms in total. The number of amides is 1. The molecule has 0 radical (unpaired) electrons. The first-order valence-electron chi connectivity index (χ1n) is 6.61. The standard InChI is InChI=1S/C12H18N4O2/c17-12(13-5-3-8-4-6-18-7-8)11-14-10(15-16-11)9-1-2-9/h8-9H,1-7H2,(H,13,17)(H,14,15,16). The topological polar surface area (TPSA) is 79.9 Å². The summed E-state index contributed by atoms with van der Waals surface area (Å²) in [5, 5.41) is 9.65. The molecule has 0 bridgehead atoms. The smallest absolute Gasteiger partial charge is 0.290 e. The number of aromatic amines is 1. The maximum Gasteiger partial charge on any atom is 0.290 e. The minimum Gasteiger partial charge on any atom is -0.381 e. The largest absolute Gasteiger partial charge is 0.381 e. The molecule has 6 heteroatoms. The number of carbonyl (C=O) groups excluding carboxylic acids is 1. The van der Waals surface area contributed by atoms with Gasteiger partial charge in [-0.05, 0) is 31.6 Å². The normalized spacial score (nSPS) is 23.2. The second kappa shape index (κ2) is 5.06. The van der Waals surface area contributed by atoms with Gasteiger partial charge in [-0.3, -0.25) is 9.89 Å². The molecule has 98 valence electrons. The van der Waals surface area contributed by atoms with Crippen LogP contribution in [0.5, 0.6) is 0 Å². The fraction of sp³-hybridized carbons (Fsp3) is 0.750. The first-order valence-corrected chi connectivity index (χ1v) is 6.61. The Morgan fingerprint density at radius 1 is 1.44 bits per heavy atom. The number of ether oxygens (including phenoxy) is 1. The predicted molar refractivity (Wildman–Crippen MR) is 64.2 cm³/mol. The minimum atomic E-state index is -0.183. The summed E-state index contributed by atoms with van der Waals surface area (Å²) in [5.41, 5.74) is 0. The van der Waals surface area contributed by atoms with Crippen LogP contribution in [0.1, 0.15) is 48.0 Å². The van der Waals surface area contributed by atoms with Crippen molar-refractivity contribution in [1.82, 2.24) is 20.5 Å². The third-order valence-corrected chi connectivity index (χ3v) is 3.53. The molecule has 1 unspecified atom stereocenters. The van der Waals surface area contributed by atoms with E-state index in [1.807, 2.05) is 0 Å². The van der Waals surface area contributed by atoms with Crippen LogP contribution in [-0.2, 0) is 4.74 Å². The predicted octanol–water partition coefficient (Wildman–Crippen LogP) is 0.838. The van der Waals surface area contributed by atoms with Gasteiger partial charge in [-0.2, -0.15) is 0 Å². The zero-order valence-corrected chi connectivity index (χ0v) is 10.3. The number of hydrogen-bond acceptors (Lipinski definition) is 4. The molecular formula is C12H18N4O2. The fourth-order valence-corrected chi connectivity index (χ4v) is 2.20. The van der Waals surface area contributed by atoms with Crippen LogP contribution in [0.2, 0.25) is 0 Å². The van der Waals surface area contributed by atoms with Crippen LogP contribution in [0.3, 0.4) is 0 Å². The molecule has 1 aliphatic carbocycles. The maximum absolute atomic E-state index is 11.8. The highest BCUT2D eigenvalue weighted by atomic mass is 16.5. The zero-order valence-electron chi connectivity index (χ0n) is 10.3. The van der Waals surface area contributed by atoms with Crippen molar-refractivity contribution in [3.05, 3.63) is 11.6 Å². The van der Waals surface area contributed by atoms with E-state index in [2.05, 4.69) is 20.5 Å². The lowest BCUT2D eigenvalue weighted by Crippen LogP contribution is -2.27. The molecule has 0 aromatic carbocycles. The van der Waals surface area contributed by atoms with E-state index in [-0.39, 0.29) is 11.7 Å². The Hall–Kier alpha value is -1.43. The molecule has 1 amide bonds. The Morgan fingerprint density at radius 3 is 3.06 bits per heavy atom. The van der Waals surface area contributed by atoms with Gasteiger partial charge in [0.25, 0.3) is 5.91 Å². The van der Waals surface area contributed by atoms with Crippen molar-refractivity contribution in [2.75, 3.05) is 19.8 Å². The van der Waals surface area contributed by atoms with Crippen molar-refractivity contribution < 1.29 is 9.53 Å². The van der Waals surface area contributed by atoms with Gasteiger partial charge in [-0.1, -0.05) is 0 Å². The summed E-state index contributed by atoms with van der Waals surface area (Å²) < 4.78 is 5.29. The van der Waals surface area contributed by atoms with Crippen LogP contribution >= 0.6 is 0 Å². The second-order valence-corrected chi connectivity index (χ2v) is 5.09. The monoisotopic (exact) mass is 250 g/mol. The fourth-order valence-electron chi connectivity index (χ4n) is 2.20. The molecule has 18 heavy (non-hydrogen) atoms. The molecule has 0 spiro atoms. The summed E-state index contributed by atoms with van der Waals surface area (Å²) in [6.07, 6.45) is 4.36. The van der Waals surface area contributed by atoms with Gasteiger partial charge < -0.3 is 10.1 Å². The Bertz CT molecular complexity index is 421. The Morgan fingerprint density at radius 2 is 2.33 bits per heavy atom. The number of nitrogens with one attached hydrogen (secondary N) is 2. The highest BCUT2D eigenvalue weighted by molar-refractivity contribution is 5.90. The van der Waals surface area contributed by atoms with Gasteiger partial charge in [-0.25, -0.2) is 4.98 Å². The first-order chi connectivity index (χ1) is 8.83. The summed E-state index contributed by atoms with van der Waals surface area (Å²) >= 11 is 0. The van der Waals surface area contributed by atoms with E-state index >= 15 is 0 Å². The van der Waals surface area contributed by atoms with Crippen molar-refractivity contribution in [3.63, 3.8) is 0 Å². The van der Waals surface area contributed by atoms with Gasteiger partial charge in [0, 0.05) is 25.7 Å². The van der Waals surface area contributed by atoms with Gasteiger partial charge in [0.2, 0.25) is 5.82 Å². The average Bonchev–Trinajstić information content (AvgIpc) is 2.92. The number of aromatic nitrogens is 3. The minimum absolute atomic E-state index is 0.183. The SMILES string of the molecule is O=C(NCCC1CCOC1)c1n[nH]c(C2CC2)n1. The third kappa shape index (κ3) is 2.69. The summed E-state index contributed by atoms with van der Waals surface area (Å²) in [6.45, 7) is 2.34. The molecule has 1 saturated heterocycles. The number of hydrogen-bond donors (Lipinski definition) is 2. The molecule has 1 aromatic rings. The lowest BCUT2D eigenvalue weighted by Gasteiger charge is -2.07. The number of carbonyl (C=O) groups is 1. The average molecular weight is 250 g/mol. The van der Waals surface area contributed by atoms with Crippen LogP contribution in [0.15, 0.2) is 0 Å². The summed E-state index contributed by atoms with van der Waals surface area (Å²) in [6, 6.07) is 0. The highest BCUT2D eigenvalue weighted by Crippen LogP contribution is 2.37. The van der Waals surface area contributed by atoms with E-state index in [0.717, 1.165) is 44.7 Å². The van der Waals surface area contributed by atoms with Crippen molar-refractivity contribution in [2.45, 2.75) is 31.6 Å². The third-order valence-electron chi connectivity index (χ3n) is 3.53. The van der Waals surface area contributed by atoms with Gasteiger partial charge in [0.05, 0.1) is 0 Å². The molecule has 1 atom stereocenters. The lowest BCUT2D eigenvalue weighted by molar-refractivity contribution is 0.0940. The molecule has 1 saturated carbocycles. The van der Waals surface area contributed by atoms with Gasteiger partial charge in [0.1, 0.15) is 5.82 Å². The van der Waals surface area contributed by atoms with E-state index < -0.39 is 0 Å². The first kappa shape index (κ1) is 11.6. The maximum atomic E-state index is 11.8. The molecule has 1 aliphatic heterocycles. The molecule has 3 rings (SSSR count). The van der Waals surface area contributed by atoms with Crippen LogP contribution in [0, 0.1) is 5.92 Å². The Kier molecular flexibility index (Phi) is 3.27. The Labute approximate surface area is 106 Å². The highest BCUT2D eigenvalue weighted by Gasteiger charge is 2.28. The van der Waals surface area contributed by atoms with Gasteiger partial charge >= 0.3 is 0 Å². The molecule has 2 heterocycles. The van der Waals surface area contributed by atoms with E-state index in [4.69, 9.17) is 4.74 Å². The second-order valence-electron chi connectivity index (χ2n) is 5.09. The number of rotatable bonds is 5. The van der Waals surface area contributed by atoms with E-state index in [1.54, 1.807) is 0 Å². The van der Waals surface area contributed by atoms with Crippen molar-refractivity contribution in [1.29, 1.82) is 0 Å². The molecule has 1 aromatic heterocycles. The quantitative estimate of drug-likeness (QED) is 0.811. The number of H-pyrrole nitrogens is 1. The molecule has 2 aliphatic rings.